The lowest BCUT2D eigenvalue weighted by Crippen LogP contribution is -1.90. The molecular formula is C17H15N. The fraction of sp³-hybridized carbons (Fsp3) is 0.118. The van der Waals surface area contributed by atoms with Crippen molar-refractivity contribution in [2.45, 2.75) is 13.8 Å². The van der Waals surface area contributed by atoms with Gasteiger partial charge in [0.2, 0.25) is 0 Å². The molecule has 1 nitrogen and oxygen atoms in total. The second-order valence-electron chi connectivity index (χ2n) is 4.65. The molecule has 1 aromatic heterocycles. The summed E-state index contributed by atoms with van der Waals surface area (Å²) in [5.41, 5.74) is 4.85. The van der Waals surface area contributed by atoms with Crippen LogP contribution < -0.4 is 0 Å². The van der Waals surface area contributed by atoms with Crippen LogP contribution in [0.5, 0.6) is 0 Å². The number of fused-ring (bicyclic) bond motifs is 1. The first-order chi connectivity index (χ1) is 8.77. The van der Waals surface area contributed by atoms with Gasteiger partial charge in [0.25, 0.3) is 0 Å². The van der Waals surface area contributed by atoms with Crippen LogP contribution in [-0.2, 0) is 0 Å². The van der Waals surface area contributed by atoms with Crippen molar-refractivity contribution in [1.82, 2.24) is 4.98 Å². The third-order valence-corrected chi connectivity index (χ3v) is 3.40. The van der Waals surface area contributed by atoms with E-state index in [4.69, 9.17) is 0 Å². The molecule has 2 aromatic carbocycles. The Hall–Kier alpha value is -2.15. The van der Waals surface area contributed by atoms with Crippen LogP contribution in [0.15, 0.2) is 54.7 Å². The lowest BCUT2D eigenvalue weighted by molar-refractivity contribution is 1.32. The molecule has 1 heteroatoms. The molecule has 0 atom stereocenters. The molecule has 0 aliphatic rings. The summed E-state index contributed by atoms with van der Waals surface area (Å²) in [7, 11) is 0. The van der Waals surface area contributed by atoms with E-state index >= 15 is 0 Å². The molecule has 0 N–H and O–H groups in total. The molecule has 1 heterocycles. The highest BCUT2D eigenvalue weighted by Crippen LogP contribution is 2.30. The number of benzene rings is 2. The Morgan fingerprint density at radius 3 is 2.39 bits per heavy atom. The highest BCUT2D eigenvalue weighted by atomic mass is 14.7. The van der Waals surface area contributed by atoms with Gasteiger partial charge in [-0.25, -0.2) is 0 Å². The lowest BCUT2D eigenvalue weighted by Gasteiger charge is -2.10. The molecule has 0 amide bonds. The second-order valence-corrected chi connectivity index (χ2v) is 4.65. The number of hydrogen-bond donors (Lipinski definition) is 0. The minimum atomic E-state index is 1.09. The van der Waals surface area contributed by atoms with E-state index in [9.17, 15) is 0 Å². The molecular weight excluding hydrogens is 218 g/mol. The molecule has 0 saturated carbocycles. The minimum absolute atomic E-state index is 1.09. The molecule has 3 aromatic rings. The van der Waals surface area contributed by atoms with Crippen LogP contribution in [0.3, 0.4) is 0 Å². The first-order valence-corrected chi connectivity index (χ1v) is 6.18. The van der Waals surface area contributed by atoms with E-state index in [1.165, 1.54) is 27.5 Å². The van der Waals surface area contributed by atoms with Gasteiger partial charge in [0, 0.05) is 17.1 Å². The summed E-state index contributed by atoms with van der Waals surface area (Å²) < 4.78 is 0. The largest absolute Gasteiger partial charge is 0.256 e. The zero-order chi connectivity index (χ0) is 12.5. The summed E-state index contributed by atoms with van der Waals surface area (Å²) >= 11 is 0. The van der Waals surface area contributed by atoms with E-state index in [0.29, 0.717) is 0 Å². The van der Waals surface area contributed by atoms with Crippen molar-refractivity contribution in [3.05, 3.63) is 65.9 Å². The van der Waals surface area contributed by atoms with Gasteiger partial charge in [-0.2, -0.15) is 0 Å². The van der Waals surface area contributed by atoms with Crippen LogP contribution in [-0.4, -0.2) is 4.98 Å². The third kappa shape index (κ3) is 1.68. The molecule has 0 saturated heterocycles. The number of pyridine rings is 1. The van der Waals surface area contributed by atoms with Gasteiger partial charge in [-0.1, -0.05) is 42.5 Å². The van der Waals surface area contributed by atoms with Gasteiger partial charge >= 0.3 is 0 Å². The van der Waals surface area contributed by atoms with Crippen molar-refractivity contribution >= 4 is 10.8 Å². The fourth-order valence-corrected chi connectivity index (χ4v) is 2.45. The van der Waals surface area contributed by atoms with Gasteiger partial charge in [0.1, 0.15) is 0 Å². The topological polar surface area (TPSA) is 12.9 Å². The van der Waals surface area contributed by atoms with Crippen molar-refractivity contribution in [2.75, 3.05) is 0 Å². The lowest BCUT2D eigenvalue weighted by atomic mass is 9.97. The van der Waals surface area contributed by atoms with Crippen LogP contribution in [0.1, 0.15) is 11.1 Å². The zero-order valence-corrected chi connectivity index (χ0v) is 10.6. The molecule has 88 valence electrons. The van der Waals surface area contributed by atoms with E-state index in [0.717, 1.165) is 5.69 Å². The van der Waals surface area contributed by atoms with Crippen LogP contribution in [0.4, 0.5) is 0 Å². The Morgan fingerprint density at radius 1 is 0.778 bits per heavy atom. The number of aromatic nitrogens is 1. The SMILES string of the molecule is Cc1ccccc1-c1nccc2cccc(C)c12. The van der Waals surface area contributed by atoms with Gasteiger partial charge in [-0.15, -0.1) is 0 Å². The fourth-order valence-electron chi connectivity index (χ4n) is 2.45. The van der Waals surface area contributed by atoms with E-state index in [1.807, 2.05) is 6.20 Å². The average Bonchev–Trinajstić information content (AvgIpc) is 2.39. The summed E-state index contributed by atoms with van der Waals surface area (Å²) in [6.07, 6.45) is 1.89. The Labute approximate surface area is 107 Å². The standard InChI is InChI=1S/C17H15N/c1-12-6-3-4-9-15(12)17-16-13(2)7-5-8-14(16)10-11-18-17/h3-11H,1-2H3. The molecule has 0 spiro atoms. The molecule has 18 heavy (non-hydrogen) atoms. The Balaban J connectivity index is 2.40. The van der Waals surface area contributed by atoms with Gasteiger partial charge in [0.15, 0.2) is 0 Å². The Kier molecular flexibility index (Phi) is 2.60. The molecule has 0 aliphatic carbocycles. The third-order valence-electron chi connectivity index (χ3n) is 3.40. The molecule has 0 unspecified atom stereocenters. The summed E-state index contributed by atoms with van der Waals surface area (Å²) in [5.74, 6) is 0. The van der Waals surface area contributed by atoms with E-state index in [2.05, 4.69) is 67.4 Å². The summed E-state index contributed by atoms with van der Waals surface area (Å²) in [4.78, 5) is 4.60. The number of hydrogen-bond acceptors (Lipinski definition) is 1. The first-order valence-electron chi connectivity index (χ1n) is 6.18. The zero-order valence-electron chi connectivity index (χ0n) is 10.6. The molecule has 3 rings (SSSR count). The molecule has 0 fully saturated rings. The summed E-state index contributed by atoms with van der Waals surface area (Å²) in [5, 5.41) is 2.51. The second kappa shape index (κ2) is 4.26. The monoisotopic (exact) mass is 233 g/mol. The Bertz CT molecular complexity index is 708. The molecule has 0 radical (unpaired) electrons. The van der Waals surface area contributed by atoms with Gasteiger partial charge in [-0.05, 0) is 36.4 Å². The molecule has 0 bridgehead atoms. The van der Waals surface area contributed by atoms with Crippen LogP contribution in [0.2, 0.25) is 0 Å². The van der Waals surface area contributed by atoms with E-state index in [1.54, 1.807) is 0 Å². The highest BCUT2D eigenvalue weighted by molar-refractivity contribution is 5.97. The highest BCUT2D eigenvalue weighted by Gasteiger charge is 2.08. The van der Waals surface area contributed by atoms with Crippen molar-refractivity contribution in [1.29, 1.82) is 0 Å². The number of nitrogens with zero attached hydrogens (tertiary/aromatic N) is 1. The van der Waals surface area contributed by atoms with Crippen LogP contribution in [0.25, 0.3) is 22.0 Å². The van der Waals surface area contributed by atoms with Gasteiger partial charge < -0.3 is 0 Å². The first kappa shape index (κ1) is 11.0. The van der Waals surface area contributed by atoms with Crippen molar-refractivity contribution in [3.8, 4) is 11.3 Å². The predicted octanol–water partition coefficient (Wildman–Crippen LogP) is 4.52. The maximum absolute atomic E-state index is 4.60. The minimum Gasteiger partial charge on any atom is -0.256 e. The van der Waals surface area contributed by atoms with Crippen LogP contribution >= 0.6 is 0 Å². The van der Waals surface area contributed by atoms with Gasteiger partial charge in [0.05, 0.1) is 5.69 Å². The van der Waals surface area contributed by atoms with Crippen molar-refractivity contribution in [3.63, 3.8) is 0 Å². The van der Waals surface area contributed by atoms with Gasteiger partial charge in [-0.3, -0.25) is 4.98 Å². The number of rotatable bonds is 1. The quantitative estimate of drug-likeness (QED) is 0.602. The normalized spacial score (nSPS) is 10.8. The van der Waals surface area contributed by atoms with E-state index < -0.39 is 0 Å². The Morgan fingerprint density at radius 2 is 1.56 bits per heavy atom. The van der Waals surface area contributed by atoms with Crippen molar-refractivity contribution < 1.29 is 0 Å². The average molecular weight is 233 g/mol. The predicted molar refractivity (Wildman–Crippen MR) is 76.7 cm³/mol. The molecule has 0 aliphatic heterocycles. The summed E-state index contributed by atoms with van der Waals surface area (Å²) in [6.45, 7) is 4.28. The van der Waals surface area contributed by atoms with Crippen LogP contribution in [0, 0.1) is 13.8 Å². The van der Waals surface area contributed by atoms with E-state index in [-0.39, 0.29) is 0 Å². The van der Waals surface area contributed by atoms with Crippen molar-refractivity contribution in [2.24, 2.45) is 0 Å². The maximum Gasteiger partial charge on any atom is 0.0785 e. The maximum atomic E-state index is 4.60. The summed E-state index contributed by atoms with van der Waals surface area (Å²) in [6, 6.07) is 16.9. The smallest absolute Gasteiger partial charge is 0.0785 e. The number of aryl methyl sites for hydroxylation is 2.